The molecule has 19 heteroatoms. The monoisotopic (exact) mass is 855 g/mol. The second-order valence-corrected chi connectivity index (χ2v) is 15.9. The lowest BCUT2D eigenvalue weighted by atomic mass is 9.86. The minimum absolute atomic E-state index is 0.0167. The van der Waals surface area contributed by atoms with E-state index in [0.717, 1.165) is 12.1 Å². The number of benzene rings is 4. The van der Waals surface area contributed by atoms with Crippen LogP contribution >= 0.6 is 0 Å². The largest absolute Gasteiger partial charge is 0.493 e. The SMILES string of the molecule is CNS(=O)(=O)c1cc(C(C)(C)C)cc(NC(=O)Nc2ccc(Oc3ccnc(Nc4cc(OCCOCCOCC(=O)O)cc(C(F)(F)F)c4)c3)c3ccccc23)c1OC. The topological polar surface area (TPSA) is 196 Å². The van der Waals surface area contributed by atoms with E-state index in [1.165, 1.54) is 38.6 Å². The van der Waals surface area contributed by atoms with Crippen LogP contribution in [0.5, 0.6) is 23.0 Å². The maximum atomic E-state index is 13.8. The number of methoxy groups -OCH3 is 1. The highest BCUT2D eigenvalue weighted by Gasteiger charge is 2.32. The van der Waals surface area contributed by atoms with Gasteiger partial charge in [0, 0.05) is 34.8 Å². The fourth-order valence-electron chi connectivity index (χ4n) is 5.73. The number of fused-ring (bicyclic) bond motifs is 1. The van der Waals surface area contributed by atoms with Gasteiger partial charge in [0.1, 0.15) is 41.2 Å². The molecule has 0 saturated carbocycles. The number of pyridine rings is 1. The minimum Gasteiger partial charge on any atom is -0.493 e. The Morgan fingerprint density at radius 1 is 0.800 bits per heavy atom. The van der Waals surface area contributed by atoms with Crippen LogP contribution in [0.1, 0.15) is 31.9 Å². The van der Waals surface area contributed by atoms with Crippen molar-refractivity contribution < 1.29 is 60.0 Å². The number of rotatable bonds is 18. The molecule has 0 fully saturated rings. The summed E-state index contributed by atoms with van der Waals surface area (Å²) in [5.74, 6) is -0.398. The number of carbonyl (C=O) groups is 2. The summed E-state index contributed by atoms with van der Waals surface area (Å²) in [6.45, 7) is 5.28. The second kappa shape index (κ2) is 19.3. The maximum Gasteiger partial charge on any atom is 0.416 e. The van der Waals surface area contributed by atoms with Gasteiger partial charge in [-0.2, -0.15) is 13.2 Å². The number of carbonyl (C=O) groups excluding carboxylic acids is 1. The van der Waals surface area contributed by atoms with Crippen LogP contribution < -0.4 is 34.9 Å². The van der Waals surface area contributed by atoms with Crippen molar-refractivity contribution in [3.63, 3.8) is 0 Å². The first-order valence-corrected chi connectivity index (χ1v) is 19.8. The summed E-state index contributed by atoms with van der Waals surface area (Å²) in [5.41, 5.74) is -0.223. The molecule has 5 aromatic rings. The number of carboxylic acid groups (broad SMARTS) is 1. The van der Waals surface area contributed by atoms with Crippen LogP contribution in [-0.4, -0.2) is 77.7 Å². The predicted molar refractivity (Wildman–Crippen MR) is 218 cm³/mol. The van der Waals surface area contributed by atoms with Crippen LogP contribution in [-0.2, 0) is 35.9 Å². The number of sulfonamides is 1. The summed E-state index contributed by atoms with van der Waals surface area (Å²) in [7, 11) is -1.38. The van der Waals surface area contributed by atoms with Crippen molar-refractivity contribution in [3.05, 3.63) is 96.2 Å². The number of alkyl halides is 3. The molecule has 0 aliphatic heterocycles. The van der Waals surface area contributed by atoms with Gasteiger partial charge in [0.2, 0.25) is 10.0 Å². The molecule has 0 bridgehead atoms. The normalized spacial score (nSPS) is 11.9. The Hall–Kier alpha value is -6.15. The first kappa shape index (κ1) is 44.9. The van der Waals surface area contributed by atoms with Crippen molar-refractivity contribution >= 4 is 55.7 Å². The first-order chi connectivity index (χ1) is 28.4. The number of nitrogens with one attached hydrogen (secondary N) is 4. The van der Waals surface area contributed by atoms with Gasteiger partial charge in [0.15, 0.2) is 5.75 Å². The molecule has 0 saturated heterocycles. The summed E-state index contributed by atoms with van der Waals surface area (Å²) in [6.07, 6.45) is -3.27. The van der Waals surface area contributed by atoms with Gasteiger partial charge in [-0.15, -0.1) is 0 Å². The van der Waals surface area contributed by atoms with E-state index in [0.29, 0.717) is 33.5 Å². The lowest BCUT2D eigenvalue weighted by Crippen LogP contribution is -2.24. The van der Waals surface area contributed by atoms with Crippen LogP contribution in [0.3, 0.4) is 0 Å². The zero-order valence-electron chi connectivity index (χ0n) is 33.2. The predicted octanol–water partition coefficient (Wildman–Crippen LogP) is 8.14. The Labute approximate surface area is 344 Å². The van der Waals surface area contributed by atoms with Gasteiger partial charge in [-0.3, -0.25) is 0 Å². The lowest BCUT2D eigenvalue weighted by Gasteiger charge is -2.23. The Balaban J connectivity index is 1.32. The minimum atomic E-state index is -4.68. The van der Waals surface area contributed by atoms with Crippen molar-refractivity contribution in [2.24, 2.45) is 0 Å². The summed E-state index contributed by atoms with van der Waals surface area (Å²) < 4.78 is 97.0. The molecule has 5 rings (SSSR count). The average molecular weight is 856 g/mol. The molecule has 0 radical (unpaired) electrons. The molecule has 1 heterocycles. The molecule has 0 unspecified atom stereocenters. The van der Waals surface area contributed by atoms with Gasteiger partial charge >= 0.3 is 18.2 Å². The number of nitrogens with zero attached hydrogens (tertiary/aromatic N) is 1. The number of anilines is 4. The lowest BCUT2D eigenvalue weighted by molar-refractivity contribution is -0.142. The Kier molecular flexibility index (Phi) is 14.4. The number of halogens is 3. The Bertz CT molecular complexity index is 2440. The van der Waals surface area contributed by atoms with Crippen molar-refractivity contribution in [3.8, 4) is 23.0 Å². The number of aliphatic carboxylic acids is 1. The van der Waals surface area contributed by atoms with Gasteiger partial charge in [-0.05, 0) is 60.5 Å². The summed E-state index contributed by atoms with van der Waals surface area (Å²) in [6, 6.07) is 19.0. The number of carboxylic acids is 1. The molecule has 0 aliphatic carbocycles. The molecule has 4 aromatic carbocycles. The van der Waals surface area contributed by atoms with Crippen molar-refractivity contribution in [2.45, 2.75) is 37.3 Å². The maximum absolute atomic E-state index is 13.8. The molecule has 1 aromatic heterocycles. The van der Waals surface area contributed by atoms with E-state index in [9.17, 15) is 31.2 Å². The van der Waals surface area contributed by atoms with Gasteiger partial charge in [0.05, 0.1) is 43.9 Å². The van der Waals surface area contributed by atoms with Crippen LogP contribution in [0.4, 0.5) is 40.8 Å². The summed E-state index contributed by atoms with van der Waals surface area (Å²) in [4.78, 5) is 28.1. The van der Waals surface area contributed by atoms with E-state index in [4.69, 9.17) is 28.8 Å². The number of hydrogen-bond donors (Lipinski definition) is 5. The van der Waals surface area contributed by atoms with Crippen LogP contribution in [0.15, 0.2) is 90.0 Å². The molecular formula is C41H44F3N5O10S. The van der Waals surface area contributed by atoms with E-state index < -0.39 is 45.8 Å². The zero-order chi connectivity index (χ0) is 43.7. The number of aromatic nitrogens is 1. The van der Waals surface area contributed by atoms with Crippen molar-refractivity contribution in [1.29, 1.82) is 0 Å². The Morgan fingerprint density at radius 3 is 2.18 bits per heavy atom. The van der Waals surface area contributed by atoms with Gasteiger partial charge in [-0.25, -0.2) is 27.7 Å². The molecule has 60 heavy (non-hydrogen) atoms. The number of hydrogen-bond acceptors (Lipinski definition) is 11. The third-order valence-corrected chi connectivity index (χ3v) is 10.0. The smallest absolute Gasteiger partial charge is 0.416 e. The van der Waals surface area contributed by atoms with E-state index in [1.54, 1.807) is 48.5 Å². The number of urea groups is 1. The summed E-state index contributed by atoms with van der Waals surface area (Å²) in [5, 5.41) is 18.2. The third-order valence-electron chi connectivity index (χ3n) is 8.62. The average Bonchev–Trinajstić information content (AvgIpc) is 3.18. The van der Waals surface area contributed by atoms with E-state index >= 15 is 0 Å². The highest BCUT2D eigenvalue weighted by molar-refractivity contribution is 7.89. The quantitative estimate of drug-likeness (QED) is 0.0532. The van der Waals surface area contributed by atoms with Gasteiger partial charge < -0.3 is 44.7 Å². The summed E-state index contributed by atoms with van der Waals surface area (Å²) >= 11 is 0. The Morgan fingerprint density at radius 2 is 1.50 bits per heavy atom. The van der Waals surface area contributed by atoms with Crippen molar-refractivity contribution in [2.75, 3.05) is 63.1 Å². The molecule has 15 nitrogen and oxygen atoms in total. The van der Waals surface area contributed by atoms with Crippen LogP contribution in [0.2, 0.25) is 0 Å². The first-order valence-electron chi connectivity index (χ1n) is 18.3. The molecule has 0 aliphatic rings. The molecule has 0 spiro atoms. The fraction of sp³-hybridized carbons (Fsp3) is 0.293. The molecule has 320 valence electrons. The standard InChI is InChI=1S/C41H44F3N5O10S/c1-40(2,3)25-20-33(38(55-5)35(21-25)60(53,54)45-4)49-39(52)48-32-10-11-34(31-9-7-6-8-30(31)32)59-28-12-13-46-36(23-28)47-27-18-26(41(42,43)44)19-29(22-27)58-17-16-56-14-15-57-24-37(50)51/h6-13,18-23,45H,14-17,24H2,1-5H3,(H,46,47)(H,50,51)(H2,48,49,52). The fourth-order valence-corrected chi connectivity index (χ4v) is 6.67. The number of ether oxygens (including phenoxy) is 5. The van der Waals surface area contributed by atoms with E-state index in [1.807, 2.05) is 20.8 Å². The number of amides is 2. The van der Waals surface area contributed by atoms with Crippen LogP contribution in [0.25, 0.3) is 10.8 Å². The van der Waals surface area contributed by atoms with E-state index in [-0.39, 0.29) is 60.0 Å². The third kappa shape index (κ3) is 12.0. The van der Waals surface area contributed by atoms with Gasteiger partial charge in [-0.1, -0.05) is 45.0 Å². The van der Waals surface area contributed by atoms with Crippen molar-refractivity contribution in [1.82, 2.24) is 9.71 Å². The van der Waals surface area contributed by atoms with Gasteiger partial charge in [0.25, 0.3) is 0 Å². The molecule has 2 amide bonds. The van der Waals surface area contributed by atoms with Crippen LogP contribution in [0, 0.1) is 0 Å². The highest BCUT2D eigenvalue weighted by Crippen LogP contribution is 2.40. The second-order valence-electron chi connectivity index (χ2n) is 14.0. The molecular weight excluding hydrogens is 812 g/mol. The highest BCUT2D eigenvalue weighted by atomic mass is 32.2. The molecule has 0 atom stereocenters. The van der Waals surface area contributed by atoms with E-state index in [2.05, 4.69) is 25.7 Å². The zero-order valence-corrected chi connectivity index (χ0v) is 34.0. The molecule has 5 N–H and O–H groups in total.